The predicted octanol–water partition coefficient (Wildman–Crippen LogP) is 2.84. The number of carboxylic acids is 1. The zero-order valence-electron chi connectivity index (χ0n) is 8.20. The number of halogens is 2. The van der Waals surface area contributed by atoms with Gasteiger partial charge in [-0.2, -0.15) is 0 Å². The Kier molecular flexibility index (Phi) is 4.03. The molecule has 0 aliphatic carbocycles. The summed E-state index contributed by atoms with van der Waals surface area (Å²) in [5.41, 5.74) is -0.0475. The maximum absolute atomic E-state index is 13.4. The van der Waals surface area contributed by atoms with Gasteiger partial charge >= 0.3 is 5.97 Å². The maximum atomic E-state index is 13.4. The lowest BCUT2D eigenvalue weighted by Gasteiger charge is -2.11. The van der Waals surface area contributed by atoms with Gasteiger partial charge < -0.3 is 5.11 Å². The van der Waals surface area contributed by atoms with E-state index in [4.69, 9.17) is 16.7 Å². The summed E-state index contributed by atoms with van der Waals surface area (Å²) in [6.07, 6.45) is 2.27. The van der Waals surface area contributed by atoms with Gasteiger partial charge in [-0.1, -0.05) is 24.9 Å². The fourth-order valence-electron chi connectivity index (χ4n) is 1.35. The van der Waals surface area contributed by atoms with Crippen molar-refractivity contribution < 1.29 is 14.3 Å². The number of hydrogen-bond acceptors (Lipinski definition) is 2. The molecule has 1 unspecified atom stereocenters. The molecule has 0 fully saturated rings. The van der Waals surface area contributed by atoms with Crippen molar-refractivity contribution in [3.05, 3.63) is 28.8 Å². The number of aromatic nitrogens is 1. The fraction of sp³-hybridized carbons (Fsp3) is 0.400. The summed E-state index contributed by atoms with van der Waals surface area (Å²) in [5.74, 6) is -2.62. The smallest absolute Gasteiger partial charge is 0.312 e. The molecule has 5 heteroatoms. The lowest BCUT2D eigenvalue weighted by molar-refractivity contribution is -0.139. The third-order valence-corrected chi connectivity index (χ3v) is 2.25. The molecule has 0 aromatic carbocycles. The zero-order valence-corrected chi connectivity index (χ0v) is 8.96. The Bertz CT molecular complexity index is 370. The predicted molar refractivity (Wildman–Crippen MR) is 54.5 cm³/mol. The van der Waals surface area contributed by atoms with Crippen LogP contribution < -0.4 is 0 Å². The number of aliphatic carboxylic acids is 1. The zero-order chi connectivity index (χ0) is 11.4. The number of pyridine rings is 1. The largest absolute Gasteiger partial charge is 0.481 e. The number of carbonyl (C=O) groups is 1. The third-order valence-electron chi connectivity index (χ3n) is 2.04. The second-order valence-corrected chi connectivity index (χ2v) is 3.64. The molecule has 0 radical (unpaired) electrons. The molecule has 3 nitrogen and oxygen atoms in total. The van der Waals surface area contributed by atoms with Gasteiger partial charge in [0.05, 0.1) is 10.7 Å². The van der Waals surface area contributed by atoms with Crippen molar-refractivity contribution >= 4 is 17.6 Å². The molecular weight excluding hydrogens is 221 g/mol. The van der Waals surface area contributed by atoms with E-state index < -0.39 is 17.7 Å². The summed E-state index contributed by atoms with van der Waals surface area (Å²) >= 11 is 5.53. The van der Waals surface area contributed by atoms with Gasteiger partial charge in [0.2, 0.25) is 0 Å². The van der Waals surface area contributed by atoms with Crippen molar-refractivity contribution in [1.29, 1.82) is 0 Å². The van der Waals surface area contributed by atoms with Crippen LogP contribution in [0.15, 0.2) is 12.3 Å². The number of nitrogens with zero attached hydrogens (tertiary/aromatic N) is 1. The summed E-state index contributed by atoms with van der Waals surface area (Å²) in [6, 6.07) is 1.08. The highest BCUT2D eigenvalue weighted by molar-refractivity contribution is 6.30. The van der Waals surface area contributed by atoms with E-state index in [-0.39, 0.29) is 10.7 Å². The number of rotatable bonds is 4. The van der Waals surface area contributed by atoms with Crippen molar-refractivity contribution in [3.8, 4) is 0 Å². The van der Waals surface area contributed by atoms with Gasteiger partial charge in [0.25, 0.3) is 0 Å². The quantitative estimate of drug-likeness (QED) is 0.867. The fourth-order valence-corrected chi connectivity index (χ4v) is 1.49. The van der Waals surface area contributed by atoms with Crippen molar-refractivity contribution in [2.75, 3.05) is 0 Å². The Morgan fingerprint density at radius 3 is 2.87 bits per heavy atom. The van der Waals surface area contributed by atoms with Gasteiger partial charge in [-0.25, -0.2) is 4.39 Å². The number of carboxylic acid groups (broad SMARTS) is 1. The standard InChI is InChI=1S/C10H11ClFNO2/c1-2-3-7(10(14)15)9-8(12)4-6(11)5-13-9/h4-5,7H,2-3H2,1H3,(H,14,15). The van der Waals surface area contributed by atoms with Crippen LogP contribution in [0.2, 0.25) is 5.02 Å². The van der Waals surface area contributed by atoms with Crippen LogP contribution >= 0.6 is 11.6 Å². The van der Waals surface area contributed by atoms with Gasteiger partial charge in [0.15, 0.2) is 0 Å². The van der Waals surface area contributed by atoms with Crippen LogP contribution in [0.3, 0.4) is 0 Å². The van der Waals surface area contributed by atoms with E-state index in [9.17, 15) is 9.18 Å². The van der Waals surface area contributed by atoms with Crippen LogP contribution in [-0.4, -0.2) is 16.1 Å². The molecule has 0 saturated heterocycles. The molecular formula is C10H11ClFNO2. The minimum atomic E-state index is -1.06. The Hall–Kier alpha value is -1.16. The summed E-state index contributed by atoms with van der Waals surface area (Å²) in [5, 5.41) is 9.08. The Morgan fingerprint density at radius 1 is 1.73 bits per heavy atom. The summed E-state index contributed by atoms with van der Waals surface area (Å²) < 4.78 is 13.4. The van der Waals surface area contributed by atoms with Crippen LogP contribution in [0.5, 0.6) is 0 Å². The van der Waals surface area contributed by atoms with Crippen molar-refractivity contribution in [1.82, 2.24) is 4.98 Å². The minimum Gasteiger partial charge on any atom is -0.481 e. The van der Waals surface area contributed by atoms with E-state index in [1.807, 2.05) is 6.92 Å². The molecule has 1 aromatic rings. The lowest BCUT2D eigenvalue weighted by atomic mass is 9.99. The van der Waals surface area contributed by atoms with Crippen LogP contribution in [0.4, 0.5) is 4.39 Å². The third kappa shape index (κ3) is 2.89. The molecule has 0 amide bonds. The van der Waals surface area contributed by atoms with Crippen molar-refractivity contribution in [2.45, 2.75) is 25.7 Å². The Morgan fingerprint density at radius 2 is 2.40 bits per heavy atom. The average molecular weight is 232 g/mol. The van der Waals surface area contributed by atoms with Crippen LogP contribution in [0.25, 0.3) is 0 Å². The van der Waals surface area contributed by atoms with E-state index in [0.29, 0.717) is 12.8 Å². The van der Waals surface area contributed by atoms with Crippen molar-refractivity contribution in [3.63, 3.8) is 0 Å². The minimum absolute atomic E-state index is 0.0475. The Labute approximate surface area is 91.9 Å². The Balaban J connectivity index is 3.05. The molecule has 15 heavy (non-hydrogen) atoms. The van der Waals surface area contributed by atoms with Crippen molar-refractivity contribution in [2.24, 2.45) is 0 Å². The molecule has 1 rings (SSSR count). The topological polar surface area (TPSA) is 50.2 Å². The maximum Gasteiger partial charge on any atom is 0.312 e. The lowest BCUT2D eigenvalue weighted by Crippen LogP contribution is -2.14. The molecule has 0 saturated carbocycles. The first-order chi connectivity index (χ1) is 7.06. The molecule has 0 aliphatic rings. The van der Waals surface area contributed by atoms with E-state index in [1.54, 1.807) is 0 Å². The molecule has 82 valence electrons. The van der Waals surface area contributed by atoms with E-state index >= 15 is 0 Å². The molecule has 1 N–H and O–H groups in total. The average Bonchev–Trinajstić information content (AvgIpc) is 2.15. The monoisotopic (exact) mass is 231 g/mol. The first-order valence-corrected chi connectivity index (χ1v) is 4.97. The molecule has 1 heterocycles. The van der Waals surface area contributed by atoms with Gasteiger partial charge in [-0.3, -0.25) is 9.78 Å². The van der Waals surface area contributed by atoms with Gasteiger partial charge in [0, 0.05) is 6.20 Å². The van der Waals surface area contributed by atoms with Gasteiger partial charge in [0.1, 0.15) is 11.7 Å². The summed E-state index contributed by atoms with van der Waals surface area (Å²) in [4.78, 5) is 14.6. The van der Waals surface area contributed by atoms with E-state index in [1.165, 1.54) is 6.20 Å². The van der Waals surface area contributed by atoms with Gasteiger partial charge in [-0.05, 0) is 12.5 Å². The molecule has 1 atom stereocenters. The molecule has 1 aromatic heterocycles. The van der Waals surface area contributed by atoms with Crippen LogP contribution in [0.1, 0.15) is 31.4 Å². The second-order valence-electron chi connectivity index (χ2n) is 3.20. The van der Waals surface area contributed by atoms with E-state index in [2.05, 4.69) is 4.98 Å². The van der Waals surface area contributed by atoms with Crippen LogP contribution in [0, 0.1) is 5.82 Å². The second kappa shape index (κ2) is 5.07. The normalized spacial score (nSPS) is 12.5. The SMILES string of the molecule is CCCC(C(=O)O)c1ncc(Cl)cc1F. The highest BCUT2D eigenvalue weighted by atomic mass is 35.5. The molecule has 0 bridgehead atoms. The highest BCUT2D eigenvalue weighted by Gasteiger charge is 2.23. The van der Waals surface area contributed by atoms with E-state index in [0.717, 1.165) is 6.07 Å². The summed E-state index contributed by atoms with van der Waals surface area (Å²) in [7, 11) is 0. The molecule has 0 spiro atoms. The summed E-state index contributed by atoms with van der Waals surface area (Å²) in [6.45, 7) is 1.84. The highest BCUT2D eigenvalue weighted by Crippen LogP contribution is 2.23. The number of hydrogen-bond donors (Lipinski definition) is 1. The first-order valence-electron chi connectivity index (χ1n) is 4.60. The van der Waals surface area contributed by atoms with Crippen LogP contribution in [-0.2, 0) is 4.79 Å². The first kappa shape index (κ1) is 11.9. The molecule has 0 aliphatic heterocycles. The van der Waals surface area contributed by atoms with Gasteiger partial charge in [-0.15, -0.1) is 0 Å².